The van der Waals surface area contributed by atoms with Crippen LogP contribution in [0.25, 0.3) is 0 Å². The Morgan fingerprint density at radius 2 is 1.26 bits per heavy atom. The van der Waals surface area contributed by atoms with Crippen LogP contribution in [0.1, 0.15) is 36.0 Å². The van der Waals surface area contributed by atoms with Crippen molar-refractivity contribution in [1.29, 1.82) is 0 Å². The van der Waals surface area contributed by atoms with Gasteiger partial charge in [0.15, 0.2) is 0 Å². The van der Waals surface area contributed by atoms with Crippen molar-refractivity contribution in [2.75, 3.05) is 52.1 Å². The van der Waals surface area contributed by atoms with Crippen LogP contribution < -0.4 is 0 Å². The summed E-state index contributed by atoms with van der Waals surface area (Å²) >= 11 is 5.61. The van der Waals surface area contributed by atoms with E-state index in [0.717, 1.165) is 38.2 Å². The second-order valence-corrected chi connectivity index (χ2v) is 6.15. The minimum absolute atomic E-state index is 0.0320. The normalized spacial score (nSPS) is 10.7. The van der Waals surface area contributed by atoms with E-state index in [9.17, 15) is 9.59 Å². The molecular formula is C20H29ClO6. The van der Waals surface area contributed by atoms with Crippen molar-refractivity contribution in [3.8, 4) is 0 Å². The van der Waals surface area contributed by atoms with E-state index in [1.54, 1.807) is 30.3 Å². The zero-order chi connectivity index (χ0) is 19.6. The number of halogens is 1. The monoisotopic (exact) mass is 400 g/mol. The summed E-state index contributed by atoms with van der Waals surface area (Å²) in [4.78, 5) is 23.4. The molecule has 1 aromatic carbocycles. The van der Waals surface area contributed by atoms with Crippen molar-refractivity contribution in [2.24, 2.45) is 0 Å². The molecule has 6 nitrogen and oxygen atoms in total. The Kier molecular flexibility index (Phi) is 14.6. The minimum Gasteiger partial charge on any atom is -0.457 e. The van der Waals surface area contributed by atoms with Crippen molar-refractivity contribution in [1.82, 2.24) is 0 Å². The average Bonchev–Trinajstić information content (AvgIpc) is 2.70. The van der Waals surface area contributed by atoms with Crippen molar-refractivity contribution in [3.05, 3.63) is 35.9 Å². The van der Waals surface area contributed by atoms with Crippen LogP contribution in [0.3, 0.4) is 0 Å². The van der Waals surface area contributed by atoms with E-state index >= 15 is 0 Å². The van der Waals surface area contributed by atoms with Crippen molar-refractivity contribution < 1.29 is 28.5 Å². The number of carbonyl (C=O) groups is 2. The lowest BCUT2D eigenvalue weighted by Gasteiger charge is -2.07. The molecule has 0 aliphatic heterocycles. The molecule has 0 fully saturated rings. The maximum Gasteiger partial charge on any atom is 0.379 e. The first kappa shape index (κ1) is 23.6. The highest BCUT2D eigenvalue weighted by atomic mass is 35.5. The summed E-state index contributed by atoms with van der Waals surface area (Å²) in [6.45, 7) is 2.91. The molecule has 1 rings (SSSR count). The molecule has 0 aliphatic rings. The second kappa shape index (κ2) is 16.7. The van der Waals surface area contributed by atoms with Crippen LogP contribution in [-0.4, -0.2) is 63.9 Å². The van der Waals surface area contributed by atoms with Gasteiger partial charge >= 0.3 is 5.97 Å². The maximum atomic E-state index is 11.8. The van der Waals surface area contributed by atoms with Crippen LogP contribution in [-0.2, 0) is 23.7 Å². The summed E-state index contributed by atoms with van der Waals surface area (Å²) in [5.41, 5.74) is 0.314. The Morgan fingerprint density at radius 1 is 0.704 bits per heavy atom. The fourth-order valence-electron chi connectivity index (χ4n) is 2.16. The molecule has 1 aromatic rings. The third-order valence-corrected chi connectivity index (χ3v) is 3.87. The predicted molar refractivity (Wildman–Crippen MR) is 103 cm³/mol. The number of unbranched alkanes of at least 4 members (excludes halogenated alkanes) is 3. The zero-order valence-corrected chi connectivity index (χ0v) is 16.5. The number of ketones is 1. The van der Waals surface area contributed by atoms with Gasteiger partial charge in [0.25, 0.3) is 5.78 Å². The quantitative estimate of drug-likeness (QED) is 0.131. The van der Waals surface area contributed by atoms with Gasteiger partial charge in [0.2, 0.25) is 0 Å². The van der Waals surface area contributed by atoms with Crippen molar-refractivity contribution in [3.63, 3.8) is 0 Å². The third-order valence-electron chi connectivity index (χ3n) is 3.60. The van der Waals surface area contributed by atoms with Gasteiger partial charge in [-0.1, -0.05) is 43.2 Å². The highest BCUT2D eigenvalue weighted by molar-refractivity contribution is 6.40. The summed E-state index contributed by atoms with van der Waals surface area (Å²) in [5.74, 6) is -0.802. The van der Waals surface area contributed by atoms with Gasteiger partial charge in [-0.3, -0.25) is 4.79 Å². The number of carbonyl (C=O) groups excluding carboxylic acids is 2. The molecule has 0 unspecified atom stereocenters. The Labute approximate surface area is 166 Å². The lowest BCUT2D eigenvalue weighted by atomic mass is 10.1. The Balaban J connectivity index is 1.85. The summed E-state index contributed by atoms with van der Waals surface area (Å²) in [7, 11) is 0. The fourth-order valence-corrected chi connectivity index (χ4v) is 2.35. The van der Waals surface area contributed by atoms with Crippen molar-refractivity contribution in [2.45, 2.75) is 25.7 Å². The lowest BCUT2D eigenvalue weighted by molar-refractivity contribution is -0.139. The first-order chi connectivity index (χ1) is 13.3. The van der Waals surface area contributed by atoms with Crippen LogP contribution in [0.2, 0.25) is 0 Å². The SMILES string of the molecule is O=C(OCCOCCOCCOCCCCCCCl)C(=O)c1ccccc1. The Bertz CT molecular complexity index is 508. The topological polar surface area (TPSA) is 71.1 Å². The number of hydrogen-bond acceptors (Lipinski definition) is 6. The van der Waals surface area contributed by atoms with E-state index in [1.807, 2.05) is 0 Å². The van der Waals surface area contributed by atoms with E-state index in [2.05, 4.69) is 0 Å². The van der Waals surface area contributed by atoms with E-state index in [-0.39, 0.29) is 13.2 Å². The fraction of sp³-hybridized carbons (Fsp3) is 0.600. The smallest absolute Gasteiger partial charge is 0.379 e. The van der Waals surface area contributed by atoms with E-state index in [0.29, 0.717) is 32.0 Å². The van der Waals surface area contributed by atoms with Gasteiger partial charge in [-0.25, -0.2) is 4.79 Å². The molecule has 0 saturated heterocycles. The predicted octanol–water partition coefficient (Wildman–Crippen LogP) is 3.26. The summed E-state index contributed by atoms with van der Waals surface area (Å²) in [6, 6.07) is 8.30. The van der Waals surface area contributed by atoms with Crippen LogP contribution >= 0.6 is 11.6 Å². The van der Waals surface area contributed by atoms with Crippen LogP contribution in [0.5, 0.6) is 0 Å². The Hall–Kier alpha value is -1.47. The molecule has 0 bridgehead atoms. The number of esters is 1. The number of Topliss-reactive ketones (excluding diaryl/α,β-unsaturated/α-hetero) is 1. The van der Waals surface area contributed by atoms with Crippen molar-refractivity contribution >= 4 is 23.4 Å². The molecular weight excluding hydrogens is 372 g/mol. The molecule has 0 aliphatic carbocycles. The molecule has 0 aromatic heterocycles. The minimum atomic E-state index is -0.874. The molecule has 27 heavy (non-hydrogen) atoms. The van der Waals surface area contributed by atoms with Crippen LogP contribution in [0.4, 0.5) is 0 Å². The average molecular weight is 401 g/mol. The summed E-state index contributed by atoms with van der Waals surface area (Å²) in [5, 5.41) is 0. The van der Waals surface area contributed by atoms with Crippen LogP contribution in [0.15, 0.2) is 30.3 Å². The molecule has 0 radical (unpaired) electrons. The third kappa shape index (κ3) is 12.5. The highest BCUT2D eigenvalue weighted by Crippen LogP contribution is 2.02. The summed E-state index contributed by atoms with van der Waals surface area (Å²) < 4.78 is 21.0. The molecule has 0 spiro atoms. The number of ether oxygens (including phenoxy) is 4. The highest BCUT2D eigenvalue weighted by Gasteiger charge is 2.16. The van der Waals surface area contributed by atoms with Gasteiger partial charge < -0.3 is 18.9 Å². The number of benzene rings is 1. The zero-order valence-electron chi connectivity index (χ0n) is 15.7. The van der Waals surface area contributed by atoms with E-state index < -0.39 is 11.8 Å². The number of alkyl halides is 1. The van der Waals surface area contributed by atoms with Gasteiger partial charge in [-0.05, 0) is 12.8 Å². The van der Waals surface area contributed by atoms with E-state index in [1.165, 1.54) is 0 Å². The number of rotatable bonds is 17. The molecule has 0 atom stereocenters. The molecule has 0 N–H and O–H groups in total. The number of hydrogen-bond donors (Lipinski definition) is 0. The second-order valence-electron chi connectivity index (χ2n) is 5.77. The molecule has 152 valence electrons. The Morgan fingerprint density at radius 3 is 1.89 bits per heavy atom. The molecule has 0 heterocycles. The molecule has 0 saturated carbocycles. The summed E-state index contributed by atoms with van der Waals surface area (Å²) in [6.07, 6.45) is 4.40. The van der Waals surface area contributed by atoms with Gasteiger partial charge in [0, 0.05) is 18.1 Å². The first-order valence-electron chi connectivity index (χ1n) is 9.31. The maximum absolute atomic E-state index is 11.8. The van der Waals surface area contributed by atoms with Gasteiger partial charge in [-0.15, -0.1) is 11.6 Å². The first-order valence-corrected chi connectivity index (χ1v) is 9.85. The molecule has 0 amide bonds. The van der Waals surface area contributed by atoms with Crippen LogP contribution in [0, 0.1) is 0 Å². The van der Waals surface area contributed by atoms with Gasteiger partial charge in [0.1, 0.15) is 6.61 Å². The van der Waals surface area contributed by atoms with Gasteiger partial charge in [0.05, 0.1) is 33.0 Å². The van der Waals surface area contributed by atoms with Gasteiger partial charge in [-0.2, -0.15) is 0 Å². The standard InChI is InChI=1S/C20H29ClO6/c21-10-6-1-2-7-11-24-12-13-25-14-15-26-16-17-27-20(23)19(22)18-8-4-3-5-9-18/h3-5,8-9H,1-2,6-7,10-17H2. The molecule has 7 heteroatoms. The largest absolute Gasteiger partial charge is 0.457 e. The lowest BCUT2D eigenvalue weighted by Crippen LogP contribution is -2.20. The van der Waals surface area contributed by atoms with E-state index in [4.69, 9.17) is 30.5 Å².